The largest absolute Gasteiger partial charge is 0.481 e. The number of rotatable bonds is 2. The number of aryl methyl sites for hydroxylation is 1. The van der Waals surface area contributed by atoms with Crippen LogP contribution in [0.5, 0.6) is 0 Å². The Morgan fingerprint density at radius 2 is 2.17 bits per heavy atom. The van der Waals surface area contributed by atoms with Crippen LogP contribution in [0.25, 0.3) is 0 Å². The van der Waals surface area contributed by atoms with Gasteiger partial charge in [-0.2, -0.15) is 0 Å². The van der Waals surface area contributed by atoms with E-state index in [4.69, 9.17) is 9.52 Å². The number of amides is 1. The van der Waals surface area contributed by atoms with Crippen molar-refractivity contribution in [2.45, 2.75) is 20.3 Å². The van der Waals surface area contributed by atoms with Gasteiger partial charge in [0.05, 0.1) is 12.2 Å². The number of furan rings is 1. The van der Waals surface area contributed by atoms with Crippen molar-refractivity contribution in [2.75, 3.05) is 13.1 Å². The fourth-order valence-electron chi connectivity index (χ4n) is 2.43. The van der Waals surface area contributed by atoms with Gasteiger partial charge in [0.1, 0.15) is 0 Å². The number of carboxylic acids is 1. The Bertz CT molecular complexity index is 465. The van der Waals surface area contributed by atoms with Gasteiger partial charge in [-0.05, 0) is 25.3 Å². The van der Waals surface area contributed by atoms with Gasteiger partial charge in [0, 0.05) is 18.7 Å². The van der Waals surface area contributed by atoms with Gasteiger partial charge in [-0.15, -0.1) is 0 Å². The van der Waals surface area contributed by atoms with E-state index < -0.39 is 11.9 Å². The van der Waals surface area contributed by atoms with E-state index in [-0.39, 0.29) is 18.4 Å². The van der Waals surface area contributed by atoms with Gasteiger partial charge < -0.3 is 14.4 Å². The highest BCUT2D eigenvalue weighted by molar-refractivity contribution is 5.93. The Balaban J connectivity index is 2.15. The van der Waals surface area contributed by atoms with Crippen LogP contribution in [0, 0.1) is 18.8 Å². The zero-order valence-corrected chi connectivity index (χ0v) is 10.5. The summed E-state index contributed by atoms with van der Waals surface area (Å²) in [6.45, 7) is 4.62. The number of aliphatic carboxylic acids is 1. The van der Waals surface area contributed by atoms with Crippen molar-refractivity contribution in [1.29, 1.82) is 0 Å². The molecule has 1 aliphatic heterocycles. The summed E-state index contributed by atoms with van der Waals surface area (Å²) in [5.41, 5.74) is 0.783. The smallest absolute Gasteiger partial charge is 0.308 e. The van der Waals surface area contributed by atoms with Crippen molar-refractivity contribution in [3.8, 4) is 0 Å². The maximum atomic E-state index is 12.2. The lowest BCUT2D eigenvalue weighted by Crippen LogP contribution is -2.45. The maximum absolute atomic E-state index is 12.2. The molecule has 1 saturated heterocycles. The molecule has 0 radical (unpaired) electrons. The fraction of sp³-hybridized carbons (Fsp3) is 0.538. The molecule has 5 nitrogen and oxygen atoms in total. The van der Waals surface area contributed by atoms with Crippen LogP contribution in [-0.4, -0.2) is 35.0 Å². The molecule has 5 heteroatoms. The SMILES string of the molecule is Cc1ccoc1C(=O)N1CC(C)CC(C(=O)O)C1. The summed E-state index contributed by atoms with van der Waals surface area (Å²) in [4.78, 5) is 24.9. The third kappa shape index (κ3) is 2.39. The lowest BCUT2D eigenvalue weighted by Gasteiger charge is -2.34. The summed E-state index contributed by atoms with van der Waals surface area (Å²) < 4.78 is 5.17. The third-order valence-electron chi connectivity index (χ3n) is 3.35. The van der Waals surface area contributed by atoms with Crippen LogP contribution in [0.2, 0.25) is 0 Å². The summed E-state index contributed by atoms with van der Waals surface area (Å²) in [6, 6.07) is 1.73. The van der Waals surface area contributed by atoms with Crippen LogP contribution in [0.4, 0.5) is 0 Å². The van der Waals surface area contributed by atoms with Crippen LogP contribution in [-0.2, 0) is 4.79 Å². The molecule has 0 aliphatic carbocycles. The van der Waals surface area contributed by atoms with Crippen LogP contribution < -0.4 is 0 Å². The van der Waals surface area contributed by atoms with E-state index in [0.29, 0.717) is 18.7 Å². The summed E-state index contributed by atoms with van der Waals surface area (Å²) >= 11 is 0. The number of nitrogens with zero attached hydrogens (tertiary/aromatic N) is 1. The fourth-order valence-corrected chi connectivity index (χ4v) is 2.43. The Morgan fingerprint density at radius 1 is 1.44 bits per heavy atom. The van der Waals surface area contributed by atoms with Gasteiger partial charge >= 0.3 is 5.97 Å². The zero-order chi connectivity index (χ0) is 13.3. The average Bonchev–Trinajstić information content (AvgIpc) is 2.73. The van der Waals surface area contributed by atoms with E-state index in [1.807, 2.05) is 6.92 Å². The van der Waals surface area contributed by atoms with Gasteiger partial charge in [0.25, 0.3) is 5.91 Å². The Kier molecular flexibility index (Phi) is 3.41. The molecule has 2 rings (SSSR count). The maximum Gasteiger partial charge on any atom is 0.308 e. The predicted molar refractivity (Wildman–Crippen MR) is 64.3 cm³/mol. The molecule has 0 aromatic carbocycles. The van der Waals surface area contributed by atoms with Gasteiger partial charge in [-0.25, -0.2) is 0 Å². The predicted octanol–water partition coefficient (Wildman–Crippen LogP) is 1.77. The molecular formula is C13H17NO4. The summed E-state index contributed by atoms with van der Waals surface area (Å²) in [5.74, 6) is -1.02. The molecule has 2 atom stereocenters. The molecular weight excluding hydrogens is 234 g/mol. The number of hydrogen-bond donors (Lipinski definition) is 1. The summed E-state index contributed by atoms with van der Waals surface area (Å²) in [7, 11) is 0. The highest BCUT2D eigenvalue weighted by atomic mass is 16.4. The van der Waals surface area contributed by atoms with Crippen LogP contribution >= 0.6 is 0 Å². The van der Waals surface area contributed by atoms with Gasteiger partial charge in [-0.3, -0.25) is 9.59 Å². The minimum Gasteiger partial charge on any atom is -0.481 e. The first-order chi connectivity index (χ1) is 8.49. The highest BCUT2D eigenvalue weighted by Gasteiger charge is 2.33. The summed E-state index contributed by atoms with van der Waals surface area (Å²) in [6.07, 6.45) is 2.10. The Morgan fingerprint density at radius 3 is 2.72 bits per heavy atom. The molecule has 1 amide bonds. The minimum atomic E-state index is -0.837. The molecule has 1 fully saturated rings. The molecule has 0 bridgehead atoms. The first kappa shape index (κ1) is 12.7. The standard InChI is InChI=1S/C13H17NO4/c1-8-5-10(13(16)17)7-14(6-8)12(15)11-9(2)3-4-18-11/h3-4,8,10H,5-7H2,1-2H3,(H,16,17). The van der Waals surface area contributed by atoms with Crippen molar-refractivity contribution in [3.05, 3.63) is 23.7 Å². The van der Waals surface area contributed by atoms with Gasteiger partial charge in [-0.1, -0.05) is 6.92 Å². The normalized spacial score (nSPS) is 24.0. The second kappa shape index (κ2) is 4.84. The number of carbonyl (C=O) groups excluding carboxylic acids is 1. The zero-order valence-electron chi connectivity index (χ0n) is 10.5. The monoisotopic (exact) mass is 251 g/mol. The molecule has 2 unspecified atom stereocenters. The molecule has 2 heterocycles. The molecule has 1 N–H and O–H groups in total. The second-order valence-electron chi connectivity index (χ2n) is 5.02. The van der Waals surface area contributed by atoms with E-state index in [1.165, 1.54) is 6.26 Å². The first-order valence-corrected chi connectivity index (χ1v) is 6.05. The number of piperidine rings is 1. The molecule has 1 aromatic rings. The quantitative estimate of drug-likeness (QED) is 0.869. The molecule has 18 heavy (non-hydrogen) atoms. The Labute approximate surface area is 105 Å². The molecule has 98 valence electrons. The van der Waals surface area contributed by atoms with Crippen molar-refractivity contribution in [1.82, 2.24) is 4.90 Å². The van der Waals surface area contributed by atoms with Gasteiger partial charge in [0.2, 0.25) is 0 Å². The number of hydrogen-bond acceptors (Lipinski definition) is 3. The van der Waals surface area contributed by atoms with Crippen LogP contribution in [0.3, 0.4) is 0 Å². The number of likely N-dealkylation sites (tertiary alicyclic amines) is 1. The van der Waals surface area contributed by atoms with E-state index in [1.54, 1.807) is 17.9 Å². The second-order valence-corrected chi connectivity index (χ2v) is 5.02. The van der Waals surface area contributed by atoms with E-state index in [2.05, 4.69) is 0 Å². The summed E-state index contributed by atoms with van der Waals surface area (Å²) in [5, 5.41) is 9.08. The third-order valence-corrected chi connectivity index (χ3v) is 3.35. The first-order valence-electron chi connectivity index (χ1n) is 6.05. The van der Waals surface area contributed by atoms with Crippen molar-refractivity contribution >= 4 is 11.9 Å². The van der Waals surface area contributed by atoms with E-state index >= 15 is 0 Å². The van der Waals surface area contributed by atoms with Crippen molar-refractivity contribution in [3.63, 3.8) is 0 Å². The van der Waals surface area contributed by atoms with E-state index in [9.17, 15) is 9.59 Å². The molecule has 1 aromatic heterocycles. The average molecular weight is 251 g/mol. The molecule has 1 aliphatic rings. The van der Waals surface area contributed by atoms with Gasteiger partial charge in [0.15, 0.2) is 5.76 Å². The topological polar surface area (TPSA) is 70.8 Å². The number of carboxylic acid groups (broad SMARTS) is 1. The Hall–Kier alpha value is -1.78. The van der Waals surface area contributed by atoms with Crippen molar-refractivity contribution in [2.24, 2.45) is 11.8 Å². The molecule has 0 saturated carbocycles. The van der Waals surface area contributed by atoms with Crippen LogP contribution in [0.15, 0.2) is 16.7 Å². The number of carbonyl (C=O) groups is 2. The molecule has 0 spiro atoms. The van der Waals surface area contributed by atoms with Crippen LogP contribution in [0.1, 0.15) is 29.5 Å². The lowest BCUT2D eigenvalue weighted by molar-refractivity contribution is -0.143. The lowest BCUT2D eigenvalue weighted by atomic mass is 9.90. The highest BCUT2D eigenvalue weighted by Crippen LogP contribution is 2.24. The van der Waals surface area contributed by atoms with Crippen molar-refractivity contribution < 1.29 is 19.1 Å². The van der Waals surface area contributed by atoms with E-state index in [0.717, 1.165) is 5.56 Å². The minimum absolute atomic E-state index is 0.194.